The van der Waals surface area contributed by atoms with Crippen LogP contribution in [0.25, 0.3) is 4.96 Å². The van der Waals surface area contributed by atoms with Crippen molar-refractivity contribution in [3.05, 3.63) is 10.8 Å². The molecular weight excluding hydrogens is 255 g/mol. The SMILES string of the molecule is FC(F)(F)c1nnc2sc(C3CCNC3)nn12. The van der Waals surface area contributed by atoms with Gasteiger partial charge in [-0.2, -0.15) is 22.8 Å². The molecule has 2 aromatic heterocycles. The number of hydrogen-bond donors (Lipinski definition) is 1. The van der Waals surface area contributed by atoms with Gasteiger partial charge in [0.05, 0.1) is 0 Å². The van der Waals surface area contributed by atoms with Gasteiger partial charge < -0.3 is 5.32 Å². The van der Waals surface area contributed by atoms with Crippen LogP contribution in [-0.4, -0.2) is 32.9 Å². The van der Waals surface area contributed by atoms with Crippen molar-refractivity contribution in [2.24, 2.45) is 0 Å². The Hall–Kier alpha value is -1.22. The smallest absolute Gasteiger partial charge is 0.316 e. The number of halogens is 3. The van der Waals surface area contributed by atoms with Gasteiger partial charge in [0.2, 0.25) is 4.96 Å². The Bertz CT molecular complexity index is 539. The number of nitrogens with zero attached hydrogens (tertiary/aromatic N) is 4. The van der Waals surface area contributed by atoms with Crippen LogP contribution in [-0.2, 0) is 6.18 Å². The van der Waals surface area contributed by atoms with E-state index in [1.54, 1.807) is 0 Å². The lowest BCUT2D eigenvalue weighted by molar-refractivity contribution is -0.146. The topological polar surface area (TPSA) is 55.1 Å². The molecule has 1 saturated heterocycles. The fraction of sp³-hybridized carbons (Fsp3) is 0.625. The zero-order valence-electron chi connectivity index (χ0n) is 8.53. The first kappa shape index (κ1) is 10.9. The molecule has 0 aliphatic carbocycles. The standard InChI is InChI=1S/C8H8F3N5S/c9-8(10,11)6-13-14-7-16(6)15-5(17-7)4-1-2-12-3-4/h4,12H,1-3H2. The second kappa shape index (κ2) is 3.64. The highest BCUT2D eigenvalue weighted by Crippen LogP contribution is 2.31. The van der Waals surface area contributed by atoms with Gasteiger partial charge in [0.25, 0.3) is 5.82 Å². The lowest BCUT2D eigenvalue weighted by Gasteiger charge is -2.02. The van der Waals surface area contributed by atoms with Crippen LogP contribution in [0, 0.1) is 0 Å². The van der Waals surface area contributed by atoms with E-state index < -0.39 is 12.0 Å². The van der Waals surface area contributed by atoms with Gasteiger partial charge in [0, 0.05) is 12.5 Å². The van der Waals surface area contributed by atoms with Crippen LogP contribution in [0.3, 0.4) is 0 Å². The Balaban J connectivity index is 2.04. The summed E-state index contributed by atoms with van der Waals surface area (Å²) in [5, 5.41) is 14.4. The number of alkyl halides is 3. The lowest BCUT2D eigenvalue weighted by Crippen LogP contribution is -2.12. The molecule has 0 bridgehead atoms. The van der Waals surface area contributed by atoms with Gasteiger partial charge in [-0.05, 0) is 13.0 Å². The van der Waals surface area contributed by atoms with Crippen molar-refractivity contribution in [2.75, 3.05) is 13.1 Å². The second-order valence-electron chi connectivity index (χ2n) is 3.85. The van der Waals surface area contributed by atoms with E-state index in [9.17, 15) is 13.2 Å². The summed E-state index contributed by atoms with van der Waals surface area (Å²) in [5.74, 6) is -0.872. The maximum absolute atomic E-state index is 12.6. The molecule has 1 aliphatic rings. The molecule has 5 nitrogen and oxygen atoms in total. The first-order valence-corrected chi connectivity index (χ1v) is 5.87. The fourth-order valence-electron chi connectivity index (χ4n) is 1.84. The van der Waals surface area contributed by atoms with Crippen LogP contribution in [0.1, 0.15) is 23.2 Å². The van der Waals surface area contributed by atoms with Crippen molar-refractivity contribution in [3.63, 3.8) is 0 Å². The van der Waals surface area contributed by atoms with Gasteiger partial charge in [0.1, 0.15) is 5.01 Å². The van der Waals surface area contributed by atoms with Gasteiger partial charge in [-0.1, -0.05) is 11.3 Å². The van der Waals surface area contributed by atoms with Crippen LogP contribution in [0.4, 0.5) is 13.2 Å². The number of rotatable bonds is 1. The molecule has 0 amide bonds. The molecule has 0 aromatic carbocycles. The minimum absolute atomic E-state index is 0.183. The minimum atomic E-state index is -4.52. The average molecular weight is 263 g/mol. The van der Waals surface area contributed by atoms with Crippen molar-refractivity contribution in [1.29, 1.82) is 0 Å². The third kappa shape index (κ3) is 1.78. The van der Waals surface area contributed by atoms with E-state index in [-0.39, 0.29) is 10.9 Å². The summed E-state index contributed by atoms with van der Waals surface area (Å²) in [6, 6.07) is 0. The van der Waals surface area contributed by atoms with Crippen molar-refractivity contribution in [3.8, 4) is 0 Å². The Morgan fingerprint density at radius 1 is 1.35 bits per heavy atom. The van der Waals surface area contributed by atoms with Crippen molar-refractivity contribution >= 4 is 16.3 Å². The summed E-state index contributed by atoms with van der Waals surface area (Å²) >= 11 is 1.17. The van der Waals surface area contributed by atoms with Crippen LogP contribution in [0.15, 0.2) is 0 Å². The summed E-state index contributed by atoms with van der Waals surface area (Å²) in [5.41, 5.74) is 0. The Morgan fingerprint density at radius 3 is 2.82 bits per heavy atom. The van der Waals surface area contributed by atoms with E-state index in [2.05, 4.69) is 20.6 Å². The summed E-state index contributed by atoms with van der Waals surface area (Å²) < 4.78 is 38.5. The predicted molar refractivity (Wildman–Crippen MR) is 53.9 cm³/mol. The normalized spacial score (nSPS) is 21.5. The van der Waals surface area contributed by atoms with E-state index in [1.165, 1.54) is 11.3 Å². The van der Waals surface area contributed by atoms with Crippen LogP contribution in [0.5, 0.6) is 0 Å². The highest BCUT2D eigenvalue weighted by Gasteiger charge is 2.38. The number of hydrogen-bond acceptors (Lipinski definition) is 5. The zero-order valence-corrected chi connectivity index (χ0v) is 9.35. The molecule has 92 valence electrons. The largest absolute Gasteiger partial charge is 0.453 e. The minimum Gasteiger partial charge on any atom is -0.316 e. The van der Waals surface area contributed by atoms with Crippen molar-refractivity contribution < 1.29 is 13.2 Å². The Labute approximate surface area is 97.7 Å². The van der Waals surface area contributed by atoms with Crippen LogP contribution >= 0.6 is 11.3 Å². The number of fused-ring (bicyclic) bond motifs is 1. The zero-order chi connectivity index (χ0) is 12.0. The first-order valence-electron chi connectivity index (χ1n) is 5.06. The van der Waals surface area contributed by atoms with Gasteiger partial charge >= 0.3 is 6.18 Å². The van der Waals surface area contributed by atoms with E-state index in [0.29, 0.717) is 5.01 Å². The Kier molecular flexibility index (Phi) is 2.33. The van der Waals surface area contributed by atoms with Crippen LogP contribution in [0.2, 0.25) is 0 Å². The summed E-state index contributed by atoms with van der Waals surface area (Å²) in [6.45, 7) is 1.63. The molecule has 1 aliphatic heterocycles. The molecule has 0 saturated carbocycles. The van der Waals surface area contributed by atoms with Gasteiger partial charge in [-0.3, -0.25) is 0 Å². The molecule has 2 aromatic rings. The highest BCUT2D eigenvalue weighted by molar-refractivity contribution is 7.16. The van der Waals surface area contributed by atoms with E-state index in [4.69, 9.17) is 0 Å². The third-order valence-corrected chi connectivity index (χ3v) is 3.73. The first-order chi connectivity index (χ1) is 8.05. The van der Waals surface area contributed by atoms with Crippen molar-refractivity contribution in [2.45, 2.75) is 18.5 Å². The molecule has 9 heteroatoms. The molecule has 0 radical (unpaired) electrons. The van der Waals surface area contributed by atoms with Gasteiger partial charge in [-0.15, -0.1) is 10.2 Å². The number of nitrogens with one attached hydrogen (secondary N) is 1. The monoisotopic (exact) mass is 263 g/mol. The van der Waals surface area contributed by atoms with E-state index in [0.717, 1.165) is 24.0 Å². The highest BCUT2D eigenvalue weighted by atomic mass is 32.1. The van der Waals surface area contributed by atoms with E-state index >= 15 is 0 Å². The molecular formula is C8H8F3N5S. The van der Waals surface area contributed by atoms with E-state index in [1.807, 2.05) is 0 Å². The summed E-state index contributed by atoms with van der Waals surface area (Å²) in [4.78, 5) is 0.194. The second-order valence-corrected chi connectivity index (χ2v) is 4.83. The third-order valence-electron chi connectivity index (χ3n) is 2.67. The molecule has 3 heterocycles. The van der Waals surface area contributed by atoms with Gasteiger partial charge in [0.15, 0.2) is 0 Å². The molecule has 1 atom stereocenters. The maximum atomic E-state index is 12.6. The molecule has 1 N–H and O–H groups in total. The predicted octanol–water partition coefficient (Wildman–Crippen LogP) is 1.28. The molecule has 17 heavy (non-hydrogen) atoms. The summed E-state index contributed by atoms with van der Waals surface area (Å²) in [7, 11) is 0. The van der Waals surface area contributed by atoms with Gasteiger partial charge in [-0.25, -0.2) is 0 Å². The van der Waals surface area contributed by atoms with Crippen LogP contribution < -0.4 is 5.32 Å². The quantitative estimate of drug-likeness (QED) is 0.842. The lowest BCUT2D eigenvalue weighted by atomic mass is 10.1. The van der Waals surface area contributed by atoms with Crippen molar-refractivity contribution in [1.82, 2.24) is 25.1 Å². The average Bonchev–Trinajstić information content (AvgIpc) is 2.90. The maximum Gasteiger partial charge on any atom is 0.453 e. The molecule has 3 rings (SSSR count). The summed E-state index contributed by atoms with van der Waals surface area (Å²) in [6.07, 6.45) is -3.62. The molecule has 1 unspecified atom stereocenters. The molecule has 0 spiro atoms. The fourth-order valence-corrected chi connectivity index (χ4v) is 2.81. The Morgan fingerprint density at radius 2 is 2.18 bits per heavy atom. The molecule has 1 fully saturated rings. The number of aromatic nitrogens is 4.